The molecule has 1 aromatic carbocycles. The Kier molecular flexibility index (Phi) is 10.3. The van der Waals surface area contributed by atoms with Crippen molar-refractivity contribution in [2.75, 3.05) is 6.54 Å². The molecule has 2 heterocycles. The van der Waals surface area contributed by atoms with Crippen molar-refractivity contribution in [3.63, 3.8) is 0 Å². The average molecular weight is 770 g/mol. The monoisotopic (exact) mass is 769 g/mol. The van der Waals surface area contributed by atoms with Gasteiger partial charge in [0.15, 0.2) is 0 Å². The molecule has 5 atom stereocenters. The largest absolute Gasteiger partial charge is 0.488 e. The molecule has 3 aliphatic rings. The zero-order chi connectivity index (χ0) is 39.5. The van der Waals surface area contributed by atoms with E-state index >= 15 is 0 Å². The molecule has 0 bridgehead atoms. The summed E-state index contributed by atoms with van der Waals surface area (Å²) in [5, 5.41) is 4.35. The molecule has 2 aromatic rings. The fraction of sp³-hybridized carbons (Fsp3) is 0.571. The molecule has 2 aliphatic carbocycles. The average Bonchev–Trinajstić information content (AvgIpc) is 3.94. The van der Waals surface area contributed by atoms with Gasteiger partial charge < -0.3 is 25.0 Å². The number of hydrogen-bond acceptors (Lipinski definition) is 9. The van der Waals surface area contributed by atoms with Crippen LogP contribution in [0.25, 0.3) is 10.9 Å². The standard InChI is InChI=1S/C35H43F4N5O8S/c1-8-18-16-34(18,30(47)43-53(49,50)21-10-11-21)42-28(45)24-14-20(17-44(24)29(46)27(32(2,3)4)41-31(48)52-33(5,6)7)51-25-15-26(35(37,38)39)40-23-12-9-19(36)13-22(23)25/h8-9,12-13,15,18,20-21,24,27H,1,10-11,14,16-17H2,2-7H3,(H,41,48)(H,42,45)(H,43,47). The number of benzene rings is 1. The molecular formula is C35H43F4N5O8S. The van der Waals surface area contributed by atoms with Gasteiger partial charge in [-0.05, 0) is 63.6 Å². The molecular weight excluding hydrogens is 726 g/mol. The molecule has 1 aromatic heterocycles. The molecule has 1 aliphatic heterocycles. The normalized spacial score (nSPS) is 23.9. The van der Waals surface area contributed by atoms with Gasteiger partial charge >= 0.3 is 12.3 Å². The number of rotatable bonds is 10. The SMILES string of the molecule is C=CC1CC1(NC(=O)C1CC(Oc2cc(C(F)(F)F)nc3ccc(F)cc23)CN1C(=O)C(NC(=O)OC(C)(C)C)C(C)(C)C)C(=O)NS(=O)(=O)C1CC1. The molecule has 18 heteroatoms. The van der Waals surface area contributed by atoms with Crippen molar-refractivity contribution < 1.29 is 54.6 Å². The van der Waals surface area contributed by atoms with Crippen molar-refractivity contribution in [3.8, 4) is 5.75 Å². The number of fused-ring (bicyclic) bond motifs is 1. The van der Waals surface area contributed by atoms with Crippen LogP contribution in [0.2, 0.25) is 0 Å². The zero-order valence-electron chi connectivity index (χ0n) is 30.1. The van der Waals surface area contributed by atoms with Crippen LogP contribution in [-0.2, 0) is 35.3 Å². The number of ether oxygens (including phenoxy) is 2. The lowest BCUT2D eigenvalue weighted by atomic mass is 9.85. The van der Waals surface area contributed by atoms with Crippen LogP contribution < -0.4 is 20.1 Å². The Labute approximate surface area is 304 Å². The van der Waals surface area contributed by atoms with Crippen LogP contribution in [0.1, 0.15) is 72.9 Å². The summed E-state index contributed by atoms with van der Waals surface area (Å²) in [7, 11) is -4.00. The first-order chi connectivity index (χ1) is 24.3. The molecule has 5 unspecified atom stereocenters. The molecule has 53 heavy (non-hydrogen) atoms. The lowest BCUT2D eigenvalue weighted by Gasteiger charge is -2.36. The fourth-order valence-electron chi connectivity index (χ4n) is 6.22. The highest BCUT2D eigenvalue weighted by Gasteiger charge is 2.62. The first kappa shape index (κ1) is 39.7. The number of hydrogen-bond donors (Lipinski definition) is 3. The Balaban J connectivity index is 1.50. The Morgan fingerprint density at radius 2 is 1.74 bits per heavy atom. The number of nitrogens with one attached hydrogen (secondary N) is 3. The van der Waals surface area contributed by atoms with Crippen molar-refractivity contribution >= 4 is 44.7 Å². The van der Waals surface area contributed by atoms with E-state index in [4.69, 9.17) is 9.47 Å². The van der Waals surface area contributed by atoms with Crippen molar-refractivity contribution in [3.05, 3.63) is 48.4 Å². The van der Waals surface area contributed by atoms with E-state index in [1.165, 1.54) is 6.08 Å². The number of aromatic nitrogens is 1. The quantitative estimate of drug-likeness (QED) is 0.235. The van der Waals surface area contributed by atoms with E-state index in [0.717, 1.165) is 23.1 Å². The highest BCUT2D eigenvalue weighted by atomic mass is 32.2. The Bertz CT molecular complexity index is 1940. The van der Waals surface area contributed by atoms with Gasteiger partial charge in [-0.3, -0.25) is 19.1 Å². The number of likely N-dealkylation sites (tertiary alicyclic amines) is 1. The maximum Gasteiger partial charge on any atom is 0.433 e. The summed E-state index contributed by atoms with van der Waals surface area (Å²) in [6, 6.07) is 0.810. The zero-order valence-corrected chi connectivity index (χ0v) is 30.9. The molecule has 13 nitrogen and oxygen atoms in total. The van der Waals surface area contributed by atoms with Gasteiger partial charge in [0.2, 0.25) is 21.8 Å². The van der Waals surface area contributed by atoms with Gasteiger partial charge in [0, 0.05) is 23.8 Å². The summed E-state index contributed by atoms with van der Waals surface area (Å²) in [6.07, 6.45) is -5.16. The van der Waals surface area contributed by atoms with Crippen LogP contribution in [-0.4, -0.2) is 83.2 Å². The molecule has 2 saturated carbocycles. The molecule has 290 valence electrons. The third-order valence-corrected chi connectivity index (χ3v) is 11.0. The second-order valence-corrected chi connectivity index (χ2v) is 17.7. The Hall–Kier alpha value is -4.48. The minimum atomic E-state index is -4.90. The molecule has 5 rings (SSSR count). The van der Waals surface area contributed by atoms with E-state index in [-0.39, 0.29) is 30.3 Å². The van der Waals surface area contributed by atoms with Gasteiger partial charge in [-0.15, -0.1) is 6.58 Å². The van der Waals surface area contributed by atoms with E-state index < -0.39 is 103 Å². The minimum absolute atomic E-state index is 0.00839. The van der Waals surface area contributed by atoms with Gasteiger partial charge in [0.1, 0.15) is 46.6 Å². The fourth-order valence-corrected chi connectivity index (χ4v) is 7.59. The van der Waals surface area contributed by atoms with Gasteiger partial charge in [0.25, 0.3) is 5.91 Å². The highest BCUT2D eigenvalue weighted by Crippen LogP contribution is 2.46. The number of carbonyl (C=O) groups excluding carboxylic acids is 4. The molecule has 4 amide bonds. The second kappa shape index (κ2) is 13.7. The summed E-state index contributed by atoms with van der Waals surface area (Å²) in [6.45, 7) is 13.1. The van der Waals surface area contributed by atoms with Crippen LogP contribution in [0.5, 0.6) is 5.75 Å². The maximum absolute atomic E-state index is 14.4. The van der Waals surface area contributed by atoms with Crippen molar-refractivity contribution in [2.24, 2.45) is 11.3 Å². The lowest BCUT2D eigenvalue weighted by Crippen LogP contribution is -2.60. The lowest BCUT2D eigenvalue weighted by molar-refractivity contribution is -0.143. The number of carbonyl (C=O) groups is 4. The first-order valence-corrected chi connectivity index (χ1v) is 18.5. The van der Waals surface area contributed by atoms with E-state index in [2.05, 4.69) is 22.2 Å². The molecule has 3 fully saturated rings. The minimum Gasteiger partial charge on any atom is -0.488 e. The number of sulfonamides is 1. The van der Waals surface area contributed by atoms with Crippen LogP contribution in [0, 0.1) is 17.2 Å². The predicted octanol–water partition coefficient (Wildman–Crippen LogP) is 4.35. The number of nitrogens with zero attached hydrogens (tertiary/aromatic N) is 2. The number of amides is 4. The summed E-state index contributed by atoms with van der Waals surface area (Å²) in [4.78, 5) is 59.5. The third-order valence-electron chi connectivity index (χ3n) is 9.19. The molecule has 0 spiro atoms. The Morgan fingerprint density at radius 1 is 1.08 bits per heavy atom. The van der Waals surface area contributed by atoms with Crippen molar-refractivity contribution in [1.82, 2.24) is 25.2 Å². The number of alkyl carbamates (subject to hydrolysis) is 1. The van der Waals surface area contributed by atoms with Crippen LogP contribution in [0.3, 0.4) is 0 Å². The first-order valence-electron chi connectivity index (χ1n) is 17.0. The molecule has 0 radical (unpaired) electrons. The van der Waals surface area contributed by atoms with Crippen molar-refractivity contribution in [1.29, 1.82) is 0 Å². The number of pyridine rings is 1. The van der Waals surface area contributed by atoms with E-state index in [1.807, 2.05) is 4.72 Å². The third kappa shape index (κ3) is 8.84. The summed E-state index contributed by atoms with van der Waals surface area (Å²) < 4.78 is 94.6. The topological polar surface area (TPSA) is 173 Å². The second-order valence-electron chi connectivity index (χ2n) is 15.8. The number of alkyl halides is 3. The van der Waals surface area contributed by atoms with E-state index in [1.54, 1.807) is 41.5 Å². The molecule has 1 saturated heterocycles. The summed E-state index contributed by atoms with van der Waals surface area (Å²) >= 11 is 0. The Morgan fingerprint density at radius 3 is 2.28 bits per heavy atom. The number of halogens is 4. The summed E-state index contributed by atoms with van der Waals surface area (Å²) in [5.74, 6) is -4.49. The van der Waals surface area contributed by atoms with Crippen LogP contribution in [0.15, 0.2) is 36.9 Å². The van der Waals surface area contributed by atoms with Crippen molar-refractivity contribution in [2.45, 2.75) is 108 Å². The van der Waals surface area contributed by atoms with E-state index in [9.17, 15) is 45.2 Å². The van der Waals surface area contributed by atoms with E-state index in [0.29, 0.717) is 18.9 Å². The maximum atomic E-state index is 14.4. The van der Waals surface area contributed by atoms with Crippen LogP contribution >= 0.6 is 0 Å². The predicted molar refractivity (Wildman–Crippen MR) is 183 cm³/mol. The molecule has 3 N–H and O–H groups in total. The van der Waals surface area contributed by atoms with Gasteiger partial charge in [0.05, 0.1) is 17.3 Å². The van der Waals surface area contributed by atoms with Gasteiger partial charge in [-0.2, -0.15) is 13.2 Å². The smallest absolute Gasteiger partial charge is 0.433 e. The van der Waals surface area contributed by atoms with Crippen LogP contribution in [0.4, 0.5) is 22.4 Å². The van der Waals surface area contributed by atoms with Gasteiger partial charge in [-0.25, -0.2) is 22.6 Å². The highest BCUT2D eigenvalue weighted by molar-refractivity contribution is 7.91. The van der Waals surface area contributed by atoms with Gasteiger partial charge in [-0.1, -0.05) is 26.8 Å². The summed E-state index contributed by atoms with van der Waals surface area (Å²) in [5.41, 5.74) is -5.16.